The highest BCUT2D eigenvalue weighted by Crippen LogP contribution is 2.33. The number of anilines is 1. The number of ether oxygens (including phenoxy) is 2. The van der Waals surface area contributed by atoms with Crippen molar-refractivity contribution in [2.24, 2.45) is 0 Å². The van der Waals surface area contributed by atoms with Gasteiger partial charge in [-0.05, 0) is 37.6 Å². The summed E-state index contributed by atoms with van der Waals surface area (Å²) in [6.07, 6.45) is 3.33. The molecule has 0 atom stereocenters. The van der Waals surface area contributed by atoms with Gasteiger partial charge in [-0.25, -0.2) is 0 Å². The van der Waals surface area contributed by atoms with Crippen LogP contribution in [0.1, 0.15) is 33.1 Å². The maximum Gasteiger partial charge on any atom is 0.262 e. The van der Waals surface area contributed by atoms with Crippen LogP contribution in [0, 0.1) is 0 Å². The first-order valence-corrected chi connectivity index (χ1v) is 10.7. The summed E-state index contributed by atoms with van der Waals surface area (Å²) in [5, 5.41) is 6.87. The number of hydrogen-bond donors (Lipinski definition) is 1. The quantitative estimate of drug-likeness (QED) is 0.555. The summed E-state index contributed by atoms with van der Waals surface area (Å²) < 4.78 is 11.4. The second-order valence-corrected chi connectivity index (χ2v) is 7.45. The van der Waals surface area contributed by atoms with E-state index in [2.05, 4.69) is 18.8 Å². The van der Waals surface area contributed by atoms with Gasteiger partial charge in [-0.15, -0.1) is 0 Å². The Hall–Kier alpha value is -3.41. The fourth-order valence-corrected chi connectivity index (χ4v) is 3.39. The minimum atomic E-state index is -0.243. The molecule has 2 aromatic carbocycles. The van der Waals surface area contributed by atoms with Crippen molar-refractivity contribution in [1.29, 1.82) is 0 Å². The van der Waals surface area contributed by atoms with E-state index in [1.165, 1.54) is 0 Å². The molecule has 31 heavy (non-hydrogen) atoms. The Morgan fingerprint density at radius 1 is 1.03 bits per heavy atom. The number of rotatable bonds is 10. The van der Waals surface area contributed by atoms with Gasteiger partial charge in [0.25, 0.3) is 5.91 Å². The average Bonchev–Trinajstić information content (AvgIpc) is 2.99. The molecule has 0 aliphatic carbocycles. The summed E-state index contributed by atoms with van der Waals surface area (Å²) in [6.45, 7) is 8.86. The highest BCUT2D eigenvalue weighted by molar-refractivity contribution is 5.81. The largest absolute Gasteiger partial charge is 0.493 e. The first kappa shape index (κ1) is 22.3. The monoisotopic (exact) mass is 421 g/mol. The molecule has 164 valence electrons. The van der Waals surface area contributed by atoms with Gasteiger partial charge in [0.2, 0.25) is 0 Å². The molecule has 3 rings (SSSR count). The SMILES string of the molecule is C=C1C(NC(=O)COc2cccc(OCCCCC)c2)=C(C)N(C)N1c1ccccc1. The number of nitrogens with zero attached hydrogens (tertiary/aromatic N) is 2. The Kier molecular flexibility index (Phi) is 7.60. The predicted molar refractivity (Wildman–Crippen MR) is 124 cm³/mol. The van der Waals surface area contributed by atoms with E-state index in [-0.39, 0.29) is 12.5 Å². The molecule has 0 saturated heterocycles. The molecular weight excluding hydrogens is 390 g/mol. The summed E-state index contributed by atoms with van der Waals surface area (Å²) >= 11 is 0. The van der Waals surface area contributed by atoms with Crippen molar-refractivity contribution in [2.45, 2.75) is 33.1 Å². The summed E-state index contributed by atoms with van der Waals surface area (Å²) in [6, 6.07) is 17.3. The van der Waals surface area contributed by atoms with E-state index in [0.717, 1.165) is 36.4 Å². The van der Waals surface area contributed by atoms with E-state index in [9.17, 15) is 4.79 Å². The van der Waals surface area contributed by atoms with Crippen LogP contribution in [0.3, 0.4) is 0 Å². The number of nitrogens with one attached hydrogen (secondary N) is 1. The van der Waals surface area contributed by atoms with Gasteiger partial charge in [-0.1, -0.05) is 50.6 Å². The Bertz CT molecular complexity index is 940. The van der Waals surface area contributed by atoms with Crippen LogP contribution in [0.5, 0.6) is 11.5 Å². The minimum absolute atomic E-state index is 0.0988. The topological polar surface area (TPSA) is 54.0 Å². The standard InChI is InChI=1S/C25H31N3O3/c1-5-6-10-16-30-22-14-11-15-23(17-22)31-18-24(29)26-25-19(2)27(4)28(20(25)3)21-12-8-7-9-13-21/h7-9,11-15,17H,3,5-6,10,16,18H2,1-2,4H3,(H,26,29). The molecule has 0 radical (unpaired) electrons. The number of carbonyl (C=O) groups excluding carboxylic acids is 1. The number of hydrogen-bond acceptors (Lipinski definition) is 5. The van der Waals surface area contributed by atoms with Gasteiger partial charge in [0.05, 0.1) is 29.4 Å². The van der Waals surface area contributed by atoms with Crippen molar-refractivity contribution in [3.8, 4) is 11.5 Å². The number of carbonyl (C=O) groups is 1. The zero-order valence-corrected chi connectivity index (χ0v) is 18.6. The fourth-order valence-electron chi connectivity index (χ4n) is 3.39. The Labute approximate surface area is 184 Å². The molecule has 2 aromatic rings. The average molecular weight is 422 g/mol. The number of para-hydroxylation sites is 1. The van der Waals surface area contributed by atoms with Crippen LogP contribution < -0.4 is 19.8 Å². The molecule has 0 fully saturated rings. The molecule has 1 N–H and O–H groups in total. The van der Waals surface area contributed by atoms with E-state index in [1.54, 1.807) is 0 Å². The normalized spacial score (nSPS) is 13.6. The highest BCUT2D eigenvalue weighted by Gasteiger charge is 2.30. The summed E-state index contributed by atoms with van der Waals surface area (Å²) in [7, 11) is 1.94. The maximum absolute atomic E-state index is 12.6. The fraction of sp³-hybridized carbons (Fsp3) is 0.320. The molecule has 1 aliphatic rings. The van der Waals surface area contributed by atoms with Gasteiger partial charge < -0.3 is 14.8 Å². The van der Waals surface area contributed by atoms with Crippen molar-refractivity contribution >= 4 is 11.6 Å². The van der Waals surface area contributed by atoms with Crippen LogP contribution in [-0.2, 0) is 4.79 Å². The highest BCUT2D eigenvalue weighted by atomic mass is 16.5. The van der Waals surface area contributed by atoms with Crippen LogP contribution in [0.25, 0.3) is 0 Å². The lowest BCUT2D eigenvalue weighted by atomic mass is 10.2. The summed E-state index contributed by atoms with van der Waals surface area (Å²) in [4.78, 5) is 12.6. The van der Waals surface area contributed by atoms with Crippen LogP contribution in [0.4, 0.5) is 5.69 Å². The number of unbranched alkanes of at least 4 members (excludes halogenated alkanes) is 2. The third-order valence-electron chi connectivity index (χ3n) is 5.15. The Morgan fingerprint density at radius 2 is 1.74 bits per heavy atom. The summed E-state index contributed by atoms with van der Waals surface area (Å²) in [5.41, 5.74) is 3.28. The zero-order valence-electron chi connectivity index (χ0n) is 18.6. The van der Waals surface area contributed by atoms with E-state index >= 15 is 0 Å². The minimum Gasteiger partial charge on any atom is -0.493 e. The molecule has 6 heteroatoms. The lowest BCUT2D eigenvalue weighted by Crippen LogP contribution is -2.33. The first-order chi connectivity index (χ1) is 15.0. The predicted octanol–water partition coefficient (Wildman–Crippen LogP) is 4.86. The molecule has 1 heterocycles. The third kappa shape index (κ3) is 5.60. The van der Waals surface area contributed by atoms with E-state index in [1.807, 2.05) is 78.6 Å². The molecule has 0 bridgehead atoms. The molecule has 6 nitrogen and oxygen atoms in total. The Balaban J connectivity index is 1.55. The molecule has 1 aliphatic heterocycles. The first-order valence-electron chi connectivity index (χ1n) is 10.7. The van der Waals surface area contributed by atoms with Gasteiger partial charge >= 0.3 is 0 Å². The van der Waals surface area contributed by atoms with Gasteiger partial charge in [0.1, 0.15) is 11.5 Å². The number of benzene rings is 2. The van der Waals surface area contributed by atoms with Gasteiger partial charge in [0.15, 0.2) is 6.61 Å². The lowest BCUT2D eigenvalue weighted by molar-refractivity contribution is -0.122. The van der Waals surface area contributed by atoms with Gasteiger partial charge in [0, 0.05) is 13.1 Å². The summed E-state index contributed by atoms with van der Waals surface area (Å²) in [5.74, 6) is 1.10. The van der Waals surface area contributed by atoms with Crippen LogP contribution in [0.15, 0.2) is 78.3 Å². The van der Waals surface area contributed by atoms with Crippen LogP contribution in [0.2, 0.25) is 0 Å². The molecule has 1 amide bonds. The van der Waals surface area contributed by atoms with Crippen molar-refractivity contribution in [2.75, 3.05) is 25.3 Å². The Morgan fingerprint density at radius 3 is 2.45 bits per heavy atom. The van der Waals surface area contributed by atoms with E-state index in [4.69, 9.17) is 9.47 Å². The maximum atomic E-state index is 12.6. The van der Waals surface area contributed by atoms with E-state index in [0.29, 0.717) is 23.8 Å². The van der Waals surface area contributed by atoms with Crippen molar-refractivity contribution < 1.29 is 14.3 Å². The molecular formula is C25H31N3O3. The molecule has 0 saturated carbocycles. The van der Waals surface area contributed by atoms with Crippen LogP contribution >= 0.6 is 0 Å². The van der Waals surface area contributed by atoms with Crippen LogP contribution in [-0.4, -0.2) is 31.2 Å². The second kappa shape index (κ2) is 10.6. The molecule has 0 aromatic heterocycles. The molecule has 0 spiro atoms. The zero-order chi connectivity index (χ0) is 22.2. The van der Waals surface area contributed by atoms with Crippen molar-refractivity contribution in [3.05, 3.63) is 78.3 Å². The van der Waals surface area contributed by atoms with Crippen molar-refractivity contribution in [1.82, 2.24) is 10.3 Å². The molecule has 0 unspecified atom stereocenters. The van der Waals surface area contributed by atoms with Gasteiger partial charge in [-0.2, -0.15) is 0 Å². The van der Waals surface area contributed by atoms with Gasteiger partial charge in [-0.3, -0.25) is 14.8 Å². The number of amides is 1. The van der Waals surface area contributed by atoms with E-state index < -0.39 is 0 Å². The number of hydrazine groups is 1. The second-order valence-electron chi connectivity index (χ2n) is 7.45. The van der Waals surface area contributed by atoms with Crippen molar-refractivity contribution in [3.63, 3.8) is 0 Å². The third-order valence-corrected chi connectivity index (χ3v) is 5.15. The lowest BCUT2D eigenvalue weighted by Gasteiger charge is -2.29. The number of allylic oxidation sites excluding steroid dienone is 1. The smallest absolute Gasteiger partial charge is 0.262 e.